The molecular weight excluding hydrogens is 160 g/mol. The van der Waals surface area contributed by atoms with Crippen LogP contribution in [0.25, 0.3) is 0 Å². The third kappa shape index (κ3) is 1.90. The van der Waals surface area contributed by atoms with Crippen molar-refractivity contribution in [3.05, 3.63) is 0 Å². The second-order valence-electron chi connectivity index (χ2n) is 5.46. The van der Waals surface area contributed by atoms with Crippen LogP contribution in [0.3, 0.4) is 0 Å². The van der Waals surface area contributed by atoms with Crippen LogP contribution < -0.4 is 0 Å². The van der Waals surface area contributed by atoms with Crippen LogP contribution in [-0.4, -0.2) is 11.2 Å². The molecule has 0 amide bonds. The molecule has 4 unspecified atom stereocenters. The smallest absolute Gasteiger partial charge is 0.0543 e. The van der Waals surface area contributed by atoms with Gasteiger partial charge in [-0.05, 0) is 55.8 Å². The summed E-state index contributed by atoms with van der Waals surface area (Å²) in [4.78, 5) is 0. The highest BCUT2D eigenvalue weighted by molar-refractivity contribution is 4.89. The summed E-state index contributed by atoms with van der Waals surface area (Å²) in [6, 6.07) is 0. The minimum absolute atomic E-state index is 0.0205. The van der Waals surface area contributed by atoms with Crippen molar-refractivity contribution in [3.8, 4) is 0 Å². The van der Waals surface area contributed by atoms with Gasteiger partial charge >= 0.3 is 0 Å². The van der Waals surface area contributed by atoms with Crippen LogP contribution >= 0.6 is 0 Å². The Kier molecular flexibility index (Phi) is 2.64. The van der Waals surface area contributed by atoms with E-state index in [0.29, 0.717) is 0 Å². The molecule has 0 aromatic heterocycles. The van der Waals surface area contributed by atoms with Gasteiger partial charge in [0.2, 0.25) is 0 Å². The van der Waals surface area contributed by atoms with Gasteiger partial charge in [0.25, 0.3) is 0 Å². The number of aliphatic hydroxyl groups is 1. The Labute approximate surface area is 81.5 Å². The summed E-state index contributed by atoms with van der Waals surface area (Å²) in [7, 11) is 0. The number of hydrogen-bond acceptors (Lipinski definition) is 1. The molecule has 1 N–H and O–H groups in total. The van der Waals surface area contributed by atoms with Crippen LogP contribution in [0.15, 0.2) is 0 Å². The molecule has 76 valence electrons. The van der Waals surface area contributed by atoms with Crippen LogP contribution in [-0.2, 0) is 0 Å². The van der Waals surface area contributed by atoms with Gasteiger partial charge in [0.15, 0.2) is 0 Å². The van der Waals surface area contributed by atoms with Crippen LogP contribution in [0.4, 0.5) is 0 Å². The Morgan fingerprint density at radius 3 is 2.38 bits per heavy atom. The van der Waals surface area contributed by atoms with Crippen molar-refractivity contribution in [1.29, 1.82) is 0 Å². The van der Waals surface area contributed by atoms with Gasteiger partial charge in [0.1, 0.15) is 0 Å². The van der Waals surface area contributed by atoms with E-state index in [4.69, 9.17) is 0 Å². The first kappa shape index (κ1) is 9.51. The van der Waals surface area contributed by atoms with E-state index in [1.807, 2.05) is 0 Å². The van der Waals surface area contributed by atoms with Crippen molar-refractivity contribution in [2.45, 2.75) is 52.1 Å². The van der Waals surface area contributed by atoms with Crippen LogP contribution in [0.1, 0.15) is 46.0 Å². The number of aliphatic hydroxyl groups excluding tert-OH is 1. The fraction of sp³-hybridized carbons (Fsp3) is 1.00. The van der Waals surface area contributed by atoms with E-state index in [2.05, 4.69) is 13.8 Å². The molecule has 2 fully saturated rings. The Balaban J connectivity index is 1.94. The van der Waals surface area contributed by atoms with Crippen LogP contribution in [0.2, 0.25) is 0 Å². The molecule has 1 nitrogen and oxygen atoms in total. The third-order valence-corrected chi connectivity index (χ3v) is 4.27. The highest BCUT2D eigenvalue weighted by atomic mass is 16.3. The molecule has 0 bridgehead atoms. The van der Waals surface area contributed by atoms with Gasteiger partial charge in [-0.2, -0.15) is 0 Å². The van der Waals surface area contributed by atoms with Crippen molar-refractivity contribution >= 4 is 0 Å². The first-order chi connectivity index (χ1) is 6.16. The summed E-state index contributed by atoms with van der Waals surface area (Å²) in [5, 5.41) is 9.58. The highest BCUT2D eigenvalue weighted by Gasteiger charge is 2.38. The summed E-state index contributed by atoms with van der Waals surface area (Å²) in [6.07, 6.45) is 6.29. The summed E-state index contributed by atoms with van der Waals surface area (Å²) in [6.45, 7) is 4.69. The summed E-state index contributed by atoms with van der Waals surface area (Å²) in [5.41, 5.74) is 0. The molecule has 0 radical (unpaired) electrons. The second-order valence-corrected chi connectivity index (χ2v) is 5.46. The molecule has 0 saturated heterocycles. The Bertz CT molecular complexity index is 176. The molecule has 2 rings (SSSR count). The molecule has 2 aliphatic rings. The van der Waals surface area contributed by atoms with Gasteiger partial charge in [-0.1, -0.05) is 13.8 Å². The average molecular weight is 182 g/mol. The predicted octanol–water partition coefficient (Wildman–Crippen LogP) is 2.83. The van der Waals surface area contributed by atoms with Crippen molar-refractivity contribution in [1.82, 2.24) is 0 Å². The number of fused-ring (bicyclic) bond motifs is 1. The molecule has 0 aliphatic heterocycles. The molecule has 4 atom stereocenters. The molecule has 0 heterocycles. The van der Waals surface area contributed by atoms with Crippen LogP contribution in [0.5, 0.6) is 0 Å². The normalized spacial score (nSPS) is 45.2. The maximum atomic E-state index is 9.58. The van der Waals surface area contributed by atoms with Crippen molar-refractivity contribution < 1.29 is 5.11 Å². The number of hydrogen-bond donors (Lipinski definition) is 1. The lowest BCUT2D eigenvalue weighted by atomic mass is 9.80. The zero-order valence-corrected chi connectivity index (χ0v) is 8.87. The Morgan fingerprint density at radius 1 is 1.00 bits per heavy atom. The summed E-state index contributed by atoms with van der Waals surface area (Å²) >= 11 is 0. The molecular formula is C12H22O. The lowest BCUT2D eigenvalue weighted by Gasteiger charge is -2.28. The fourth-order valence-electron chi connectivity index (χ4n) is 3.32. The van der Waals surface area contributed by atoms with E-state index >= 15 is 0 Å². The van der Waals surface area contributed by atoms with Crippen molar-refractivity contribution in [2.75, 3.05) is 0 Å². The molecule has 2 saturated carbocycles. The van der Waals surface area contributed by atoms with Gasteiger partial charge in [-0.3, -0.25) is 0 Å². The van der Waals surface area contributed by atoms with E-state index < -0.39 is 0 Å². The zero-order valence-electron chi connectivity index (χ0n) is 8.87. The zero-order chi connectivity index (χ0) is 9.42. The maximum Gasteiger partial charge on any atom is 0.0543 e. The number of rotatable bonds is 1. The average Bonchev–Trinajstić information content (AvgIpc) is 2.46. The minimum Gasteiger partial charge on any atom is -0.393 e. The highest BCUT2D eigenvalue weighted by Crippen LogP contribution is 2.47. The van der Waals surface area contributed by atoms with E-state index in [1.54, 1.807) is 0 Å². The lowest BCUT2D eigenvalue weighted by molar-refractivity contribution is 0.0805. The largest absolute Gasteiger partial charge is 0.393 e. The summed E-state index contributed by atoms with van der Waals surface area (Å²) in [5.74, 6) is 3.61. The first-order valence-electron chi connectivity index (χ1n) is 5.85. The van der Waals surface area contributed by atoms with E-state index in [-0.39, 0.29) is 6.10 Å². The van der Waals surface area contributed by atoms with Gasteiger partial charge in [0.05, 0.1) is 6.10 Å². The summed E-state index contributed by atoms with van der Waals surface area (Å²) < 4.78 is 0. The topological polar surface area (TPSA) is 20.2 Å². The monoisotopic (exact) mass is 182 g/mol. The third-order valence-electron chi connectivity index (χ3n) is 4.27. The molecule has 0 spiro atoms. The quantitative estimate of drug-likeness (QED) is 0.661. The van der Waals surface area contributed by atoms with E-state index in [1.165, 1.54) is 19.3 Å². The Morgan fingerprint density at radius 2 is 1.69 bits per heavy atom. The van der Waals surface area contributed by atoms with E-state index in [0.717, 1.165) is 36.5 Å². The van der Waals surface area contributed by atoms with Crippen molar-refractivity contribution in [2.24, 2.45) is 23.7 Å². The standard InChI is InChI=1S/C12H22O/c1-8(2)10-5-9-3-4-12(13)7-11(9)6-10/h8-13H,3-7H2,1-2H3. The van der Waals surface area contributed by atoms with Gasteiger partial charge < -0.3 is 5.11 Å². The fourth-order valence-corrected chi connectivity index (χ4v) is 3.32. The van der Waals surface area contributed by atoms with Crippen LogP contribution in [0, 0.1) is 23.7 Å². The predicted molar refractivity (Wildman–Crippen MR) is 54.4 cm³/mol. The molecule has 1 heteroatoms. The van der Waals surface area contributed by atoms with Gasteiger partial charge in [-0.25, -0.2) is 0 Å². The van der Waals surface area contributed by atoms with Gasteiger partial charge in [0, 0.05) is 0 Å². The molecule has 13 heavy (non-hydrogen) atoms. The van der Waals surface area contributed by atoms with Gasteiger partial charge in [-0.15, -0.1) is 0 Å². The van der Waals surface area contributed by atoms with E-state index in [9.17, 15) is 5.11 Å². The maximum absolute atomic E-state index is 9.58. The molecule has 0 aromatic carbocycles. The second kappa shape index (κ2) is 3.61. The first-order valence-corrected chi connectivity index (χ1v) is 5.85. The van der Waals surface area contributed by atoms with Crippen molar-refractivity contribution in [3.63, 3.8) is 0 Å². The molecule has 2 aliphatic carbocycles. The minimum atomic E-state index is 0.0205. The Hall–Kier alpha value is -0.0400. The SMILES string of the molecule is CC(C)C1CC2CCC(O)CC2C1. The molecule has 0 aromatic rings. The lowest BCUT2D eigenvalue weighted by Crippen LogP contribution is -2.23.